The van der Waals surface area contributed by atoms with Gasteiger partial charge in [-0.05, 0) is 85.8 Å². The Hall–Kier alpha value is -2.43. The number of aromatic nitrogens is 4. The molecule has 3 aliphatic carbocycles. The Morgan fingerprint density at radius 3 is 2.25 bits per heavy atom. The lowest BCUT2D eigenvalue weighted by atomic mass is 9.51. The van der Waals surface area contributed by atoms with Crippen LogP contribution in [-0.4, -0.2) is 20.4 Å². The monoisotopic (exact) mass is 431 g/mol. The zero-order chi connectivity index (χ0) is 22.0. The van der Waals surface area contributed by atoms with Gasteiger partial charge in [0.25, 0.3) is 0 Å². The summed E-state index contributed by atoms with van der Waals surface area (Å²) < 4.78 is 0. The van der Waals surface area contributed by atoms with Crippen LogP contribution < -0.4 is 5.73 Å². The lowest BCUT2D eigenvalue weighted by molar-refractivity contribution is -0.0219. The van der Waals surface area contributed by atoms with Crippen LogP contribution in [-0.2, 0) is 0 Å². The van der Waals surface area contributed by atoms with E-state index in [2.05, 4.69) is 57.7 Å². The van der Waals surface area contributed by atoms with Crippen molar-refractivity contribution in [3.63, 3.8) is 0 Å². The fourth-order valence-electron chi connectivity index (χ4n) is 6.66. The van der Waals surface area contributed by atoms with Gasteiger partial charge in [-0.3, -0.25) is 0 Å². The minimum Gasteiger partial charge on any atom is -0.384 e. The number of nitrogens with two attached hydrogens (primary N) is 1. The summed E-state index contributed by atoms with van der Waals surface area (Å²) in [6, 6.07) is 12.8. The zero-order valence-electron chi connectivity index (χ0n) is 19.4. The number of aromatic amines is 1. The van der Waals surface area contributed by atoms with Gasteiger partial charge in [0.1, 0.15) is 11.3 Å². The molecule has 3 aliphatic rings. The fraction of sp³-hybridized carbons (Fsp3) is 0.593. The van der Waals surface area contributed by atoms with Crippen molar-refractivity contribution in [2.24, 2.45) is 10.8 Å². The fourth-order valence-corrected chi connectivity index (χ4v) is 6.66. The first kappa shape index (κ1) is 21.4. The van der Waals surface area contributed by atoms with Crippen molar-refractivity contribution in [2.45, 2.75) is 89.9 Å². The standard InChI is InChI=1S/C27H37N5/c1-2-3-11-26-13-16-27(17-14-26,18-15-26)12-7-10-21(20-8-5-4-6-9-20)22-19-23(28)29-25-24(22)30-32-31-25/h4-6,8-9,19,21H,2-3,7,10-18H2,1H3,(H3,28,29,30,31,32). The normalized spacial score (nSPS) is 25.9. The van der Waals surface area contributed by atoms with Gasteiger partial charge in [-0.1, -0.05) is 56.5 Å². The Morgan fingerprint density at radius 1 is 0.938 bits per heavy atom. The van der Waals surface area contributed by atoms with Crippen molar-refractivity contribution in [1.29, 1.82) is 0 Å². The Bertz CT molecular complexity index is 1020. The van der Waals surface area contributed by atoms with Crippen molar-refractivity contribution < 1.29 is 0 Å². The Balaban J connectivity index is 1.31. The Labute approximate surface area is 191 Å². The average Bonchev–Trinajstić information content (AvgIpc) is 3.31. The SMILES string of the molecule is CCCCC12CCC(CCCC(c3ccccc3)c3cc(N)nc4n[nH]nc34)(CC1)CC2. The Morgan fingerprint density at radius 2 is 1.59 bits per heavy atom. The van der Waals surface area contributed by atoms with E-state index in [4.69, 9.17) is 5.73 Å². The van der Waals surface area contributed by atoms with Crippen LogP contribution in [0.15, 0.2) is 36.4 Å². The number of nitrogens with zero attached hydrogens (tertiary/aromatic N) is 3. The number of unbranched alkanes of at least 4 members (excludes halogenated alkanes) is 1. The molecule has 3 N–H and O–H groups in total. The maximum absolute atomic E-state index is 6.15. The van der Waals surface area contributed by atoms with Crippen molar-refractivity contribution in [3.05, 3.63) is 47.5 Å². The third-order valence-electron chi connectivity index (χ3n) is 8.74. The first-order valence-corrected chi connectivity index (χ1v) is 12.6. The van der Waals surface area contributed by atoms with E-state index in [0.717, 1.165) is 17.5 Å². The van der Waals surface area contributed by atoms with E-state index in [0.29, 0.717) is 22.3 Å². The lowest BCUT2D eigenvalue weighted by Gasteiger charge is -2.54. The van der Waals surface area contributed by atoms with Gasteiger partial charge in [0.2, 0.25) is 5.65 Å². The number of hydrogen-bond acceptors (Lipinski definition) is 4. The zero-order valence-corrected chi connectivity index (χ0v) is 19.4. The third-order valence-corrected chi connectivity index (χ3v) is 8.74. The second-order valence-corrected chi connectivity index (χ2v) is 10.6. The molecule has 0 radical (unpaired) electrons. The van der Waals surface area contributed by atoms with Gasteiger partial charge in [-0.25, -0.2) is 4.98 Å². The molecule has 32 heavy (non-hydrogen) atoms. The number of rotatable bonds is 9. The van der Waals surface area contributed by atoms with Crippen LogP contribution in [0.3, 0.4) is 0 Å². The molecular weight excluding hydrogens is 394 g/mol. The molecule has 5 nitrogen and oxygen atoms in total. The van der Waals surface area contributed by atoms with Crippen LogP contribution in [0.4, 0.5) is 5.82 Å². The molecule has 0 spiro atoms. The van der Waals surface area contributed by atoms with E-state index in [1.807, 2.05) is 6.07 Å². The summed E-state index contributed by atoms with van der Waals surface area (Å²) >= 11 is 0. The third kappa shape index (κ3) is 4.14. The average molecular weight is 432 g/mol. The van der Waals surface area contributed by atoms with Crippen LogP contribution in [0.25, 0.3) is 11.2 Å². The van der Waals surface area contributed by atoms with Gasteiger partial charge in [-0.15, -0.1) is 5.10 Å². The molecule has 6 rings (SSSR count). The summed E-state index contributed by atoms with van der Waals surface area (Å²) in [6.07, 6.45) is 16.7. The summed E-state index contributed by atoms with van der Waals surface area (Å²) in [7, 11) is 0. The molecular formula is C27H37N5. The molecule has 1 aromatic carbocycles. The highest BCUT2D eigenvalue weighted by atomic mass is 15.3. The minimum atomic E-state index is 0.265. The molecule has 2 heterocycles. The summed E-state index contributed by atoms with van der Waals surface area (Å²) in [5, 5.41) is 11.4. The van der Waals surface area contributed by atoms with Crippen LogP contribution >= 0.6 is 0 Å². The van der Waals surface area contributed by atoms with E-state index in [1.165, 1.54) is 76.2 Å². The van der Waals surface area contributed by atoms with Crippen molar-refractivity contribution in [3.8, 4) is 0 Å². The second kappa shape index (κ2) is 8.84. The van der Waals surface area contributed by atoms with E-state index in [1.54, 1.807) is 0 Å². The predicted molar refractivity (Wildman–Crippen MR) is 130 cm³/mol. The van der Waals surface area contributed by atoms with E-state index >= 15 is 0 Å². The van der Waals surface area contributed by atoms with Crippen molar-refractivity contribution in [1.82, 2.24) is 20.4 Å². The number of nitrogen functional groups attached to an aromatic ring is 1. The minimum absolute atomic E-state index is 0.265. The van der Waals surface area contributed by atoms with E-state index in [-0.39, 0.29) is 5.92 Å². The van der Waals surface area contributed by atoms with Crippen LogP contribution in [0.2, 0.25) is 0 Å². The largest absolute Gasteiger partial charge is 0.384 e. The molecule has 1 unspecified atom stereocenters. The molecule has 3 saturated carbocycles. The summed E-state index contributed by atoms with van der Waals surface area (Å²) in [5.41, 5.74) is 11.4. The van der Waals surface area contributed by atoms with Gasteiger partial charge >= 0.3 is 0 Å². The lowest BCUT2D eigenvalue weighted by Crippen LogP contribution is -2.41. The highest BCUT2D eigenvalue weighted by Crippen LogP contribution is 2.60. The molecule has 170 valence electrons. The van der Waals surface area contributed by atoms with E-state index in [9.17, 15) is 0 Å². The van der Waals surface area contributed by atoms with Crippen LogP contribution in [0.1, 0.15) is 101 Å². The number of fused-ring (bicyclic) bond motifs is 4. The van der Waals surface area contributed by atoms with Gasteiger partial charge in [-0.2, -0.15) is 10.3 Å². The summed E-state index contributed by atoms with van der Waals surface area (Å²) in [6.45, 7) is 2.33. The molecule has 2 bridgehead atoms. The summed E-state index contributed by atoms with van der Waals surface area (Å²) in [4.78, 5) is 4.36. The summed E-state index contributed by atoms with van der Waals surface area (Å²) in [5.74, 6) is 0.783. The number of pyridine rings is 1. The quantitative estimate of drug-likeness (QED) is 0.392. The number of nitrogens with one attached hydrogen (secondary N) is 1. The predicted octanol–water partition coefficient (Wildman–Crippen LogP) is 6.77. The molecule has 2 aromatic heterocycles. The maximum Gasteiger partial charge on any atom is 0.203 e. The topological polar surface area (TPSA) is 80.5 Å². The molecule has 1 atom stereocenters. The smallest absolute Gasteiger partial charge is 0.203 e. The number of benzene rings is 1. The van der Waals surface area contributed by atoms with Gasteiger partial charge in [0.15, 0.2) is 0 Å². The van der Waals surface area contributed by atoms with Gasteiger partial charge in [0, 0.05) is 5.92 Å². The van der Waals surface area contributed by atoms with Crippen molar-refractivity contribution >= 4 is 17.0 Å². The maximum atomic E-state index is 6.15. The molecule has 0 amide bonds. The van der Waals surface area contributed by atoms with Crippen LogP contribution in [0, 0.1) is 10.8 Å². The highest BCUT2D eigenvalue weighted by molar-refractivity contribution is 5.77. The number of hydrogen-bond donors (Lipinski definition) is 2. The van der Waals surface area contributed by atoms with Crippen molar-refractivity contribution in [2.75, 3.05) is 5.73 Å². The molecule has 3 aromatic rings. The second-order valence-electron chi connectivity index (χ2n) is 10.6. The molecule has 5 heteroatoms. The van der Waals surface area contributed by atoms with E-state index < -0.39 is 0 Å². The molecule has 0 aliphatic heterocycles. The van der Waals surface area contributed by atoms with Gasteiger partial charge < -0.3 is 5.73 Å². The molecule has 3 fully saturated rings. The number of H-pyrrole nitrogens is 1. The van der Waals surface area contributed by atoms with Crippen LogP contribution in [0.5, 0.6) is 0 Å². The number of anilines is 1. The van der Waals surface area contributed by atoms with Gasteiger partial charge in [0.05, 0.1) is 0 Å². The Kier molecular flexibility index (Phi) is 5.92. The highest BCUT2D eigenvalue weighted by Gasteiger charge is 2.47. The first-order chi connectivity index (χ1) is 15.6. The molecule has 0 saturated heterocycles. The first-order valence-electron chi connectivity index (χ1n) is 12.6.